The maximum atomic E-state index is 10.6. The summed E-state index contributed by atoms with van der Waals surface area (Å²) >= 11 is 0. The first-order valence-corrected chi connectivity index (χ1v) is 5.84. The fourth-order valence-corrected chi connectivity index (χ4v) is 2.22. The van der Waals surface area contributed by atoms with Gasteiger partial charge < -0.3 is 15.7 Å². The first-order chi connectivity index (χ1) is 7.13. The Labute approximate surface area is 91.4 Å². The van der Waals surface area contributed by atoms with E-state index < -0.39 is 12.0 Å². The molecule has 1 saturated heterocycles. The Balaban J connectivity index is 2.22. The molecule has 0 aromatic heterocycles. The summed E-state index contributed by atoms with van der Waals surface area (Å²) in [6.45, 7) is 5.56. The van der Waals surface area contributed by atoms with Crippen LogP contribution >= 0.6 is 0 Å². The molecule has 0 aromatic rings. The van der Waals surface area contributed by atoms with Gasteiger partial charge in [0.05, 0.1) is 0 Å². The number of carbonyl (C=O) groups is 1. The lowest BCUT2D eigenvalue weighted by molar-refractivity contribution is -0.139. The van der Waals surface area contributed by atoms with Crippen LogP contribution in [0.5, 0.6) is 0 Å². The summed E-state index contributed by atoms with van der Waals surface area (Å²) in [5, 5.41) is 8.71. The van der Waals surface area contributed by atoms with E-state index in [9.17, 15) is 4.79 Å². The molecule has 4 heteroatoms. The number of hydrogen-bond acceptors (Lipinski definition) is 3. The molecule has 1 atom stereocenters. The van der Waals surface area contributed by atoms with Crippen LogP contribution in [0.1, 0.15) is 32.6 Å². The second-order valence-corrected chi connectivity index (χ2v) is 4.47. The monoisotopic (exact) mass is 214 g/mol. The highest BCUT2D eigenvalue weighted by atomic mass is 16.4. The summed E-state index contributed by atoms with van der Waals surface area (Å²) in [5.74, 6) is -0.366. The fourth-order valence-electron chi connectivity index (χ4n) is 2.22. The number of piperidine rings is 1. The van der Waals surface area contributed by atoms with Crippen molar-refractivity contribution < 1.29 is 9.90 Å². The average molecular weight is 214 g/mol. The Hall–Kier alpha value is -0.610. The van der Waals surface area contributed by atoms with E-state index >= 15 is 0 Å². The van der Waals surface area contributed by atoms with Crippen LogP contribution in [-0.4, -0.2) is 41.7 Å². The second-order valence-electron chi connectivity index (χ2n) is 4.47. The van der Waals surface area contributed by atoms with Crippen molar-refractivity contribution in [3.8, 4) is 0 Å². The lowest BCUT2D eigenvalue weighted by atomic mass is 9.90. The zero-order chi connectivity index (χ0) is 11.3. The molecule has 0 radical (unpaired) electrons. The van der Waals surface area contributed by atoms with E-state index in [1.807, 2.05) is 0 Å². The minimum atomic E-state index is -0.869. The minimum Gasteiger partial charge on any atom is -0.480 e. The van der Waals surface area contributed by atoms with E-state index in [1.54, 1.807) is 0 Å². The third kappa shape index (κ3) is 4.18. The molecule has 0 spiro atoms. The molecular weight excluding hydrogens is 192 g/mol. The zero-order valence-corrected chi connectivity index (χ0v) is 9.48. The van der Waals surface area contributed by atoms with Gasteiger partial charge in [0.2, 0.25) is 0 Å². The van der Waals surface area contributed by atoms with E-state index in [4.69, 9.17) is 10.8 Å². The predicted molar refractivity (Wildman–Crippen MR) is 59.7 cm³/mol. The van der Waals surface area contributed by atoms with Crippen molar-refractivity contribution in [2.75, 3.05) is 19.6 Å². The van der Waals surface area contributed by atoms with E-state index in [0.29, 0.717) is 12.3 Å². The van der Waals surface area contributed by atoms with Gasteiger partial charge in [-0.15, -0.1) is 0 Å². The number of rotatable bonds is 5. The topological polar surface area (TPSA) is 66.6 Å². The molecule has 0 aliphatic carbocycles. The van der Waals surface area contributed by atoms with E-state index in [2.05, 4.69) is 11.8 Å². The van der Waals surface area contributed by atoms with Crippen molar-refractivity contribution in [1.29, 1.82) is 0 Å². The van der Waals surface area contributed by atoms with Crippen molar-refractivity contribution in [2.24, 2.45) is 11.7 Å². The van der Waals surface area contributed by atoms with Crippen molar-refractivity contribution >= 4 is 5.97 Å². The van der Waals surface area contributed by atoms with Gasteiger partial charge in [-0.2, -0.15) is 0 Å². The third-order valence-corrected chi connectivity index (χ3v) is 3.15. The number of likely N-dealkylation sites (tertiary alicyclic amines) is 1. The van der Waals surface area contributed by atoms with Crippen LogP contribution in [0, 0.1) is 5.92 Å². The van der Waals surface area contributed by atoms with Crippen LogP contribution in [-0.2, 0) is 4.79 Å². The summed E-state index contributed by atoms with van der Waals surface area (Å²) < 4.78 is 0. The molecule has 0 saturated carbocycles. The summed E-state index contributed by atoms with van der Waals surface area (Å²) in [6, 6.07) is -0.673. The molecular formula is C11H22N2O2. The van der Waals surface area contributed by atoms with Gasteiger partial charge in [-0.1, -0.05) is 6.92 Å². The van der Waals surface area contributed by atoms with Crippen LogP contribution in [0.25, 0.3) is 0 Å². The second kappa shape index (κ2) is 6.08. The van der Waals surface area contributed by atoms with Gasteiger partial charge in [-0.3, -0.25) is 4.79 Å². The highest BCUT2D eigenvalue weighted by molar-refractivity contribution is 5.73. The Kier molecular flexibility index (Phi) is 5.05. The molecule has 15 heavy (non-hydrogen) atoms. The average Bonchev–Trinajstić information content (AvgIpc) is 2.21. The first-order valence-electron chi connectivity index (χ1n) is 5.84. The highest BCUT2D eigenvalue weighted by Crippen LogP contribution is 2.21. The third-order valence-electron chi connectivity index (χ3n) is 3.15. The van der Waals surface area contributed by atoms with Gasteiger partial charge in [0, 0.05) is 0 Å². The molecule has 0 bridgehead atoms. The molecule has 1 heterocycles. The molecule has 3 N–H and O–H groups in total. The fraction of sp³-hybridized carbons (Fsp3) is 0.909. The van der Waals surface area contributed by atoms with Crippen molar-refractivity contribution in [2.45, 2.75) is 38.6 Å². The number of hydrogen-bond donors (Lipinski definition) is 2. The highest BCUT2D eigenvalue weighted by Gasteiger charge is 2.23. The summed E-state index contributed by atoms with van der Waals surface area (Å²) in [4.78, 5) is 13.1. The van der Waals surface area contributed by atoms with Gasteiger partial charge in [-0.05, 0) is 51.2 Å². The lowest BCUT2D eigenvalue weighted by Gasteiger charge is -2.32. The van der Waals surface area contributed by atoms with E-state index in [0.717, 1.165) is 32.5 Å². The normalized spacial score (nSPS) is 21.5. The van der Waals surface area contributed by atoms with Gasteiger partial charge in [0.1, 0.15) is 6.04 Å². The first kappa shape index (κ1) is 12.5. The van der Waals surface area contributed by atoms with Crippen LogP contribution in [0.4, 0.5) is 0 Å². The molecule has 0 amide bonds. The minimum absolute atomic E-state index is 0.504. The number of carboxylic acid groups (broad SMARTS) is 1. The molecule has 88 valence electrons. The van der Waals surface area contributed by atoms with Crippen LogP contribution in [0.15, 0.2) is 0 Å². The Bertz CT molecular complexity index is 201. The van der Waals surface area contributed by atoms with Gasteiger partial charge in [0.25, 0.3) is 0 Å². The van der Waals surface area contributed by atoms with Crippen molar-refractivity contribution in [1.82, 2.24) is 4.90 Å². The predicted octanol–water partition coefficient (Wildman–Crippen LogP) is 0.910. The SMILES string of the molecule is CCCN1CCC(CC(N)C(=O)O)CC1. The smallest absolute Gasteiger partial charge is 0.320 e. The quantitative estimate of drug-likeness (QED) is 0.714. The summed E-state index contributed by atoms with van der Waals surface area (Å²) in [7, 11) is 0. The van der Waals surface area contributed by atoms with Crippen LogP contribution in [0.2, 0.25) is 0 Å². The zero-order valence-electron chi connectivity index (χ0n) is 9.48. The van der Waals surface area contributed by atoms with E-state index in [-0.39, 0.29) is 0 Å². The van der Waals surface area contributed by atoms with Crippen LogP contribution in [0.3, 0.4) is 0 Å². The van der Waals surface area contributed by atoms with Crippen molar-refractivity contribution in [3.63, 3.8) is 0 Å². The molecule has 1 fully saturated rings. The number of aliphatic carboxylic acids is 1. The van der Waals surface area contributed by atoms with Crippen molar-refractivity contribution in [3.05, 3.63) is 0 Å². The maximum Gasteiger partial charge on any atom is 0.320 e. The molecule has 1 rings (SSSR count). The Morgan fingerprint density at radius 2 is 2.13 bits per heavy atom. The molecule has 1 unspecified atom stereocenters. The molecule has 4 nitrogen and oxygen atoms in total. The summed E-state index contributed by atoms with van der Waals surface area (Å²) in [5.41, 5.74) is 5.53. The van der Waals surface area contributed by atoms with Gasteiger partial charge in [0.15, 0.2) is 0 Å². The lowest BCUT2D eigenvalue weighted by Crippen LogP contribution is -2.38. The molecule has 1 aliphatic rings. The molecule has 0 aromatic carbocycles. The number of carboxylic acids is 1. The van der Waals surface area contributed by atoms with E-state index in [1.165, 1.54) is 6.42 Å². The Morgan fingerprint density at radius 1 is 1.53 bits per heavy atom. The van der Waals surface area contributed by atoms with Gasteiger partial charge >= 0.3 is 5.97 Å². The maximum absolute atomic E-state index is 10.6. The van der Waals surface area contributed by atoms with Gasteiger partial charge in [-0.25, -0.2) is 0 Å². The molecule has 1 aliphatic heterocycles. The number of nitrogens with two attached hydrogens (primary N) is 1. The summed E-state index contributed by atoms with van der Waals surface area (Å²) in [6.07, 6.45) is 4.02. The largest absolute Gasteiger partial charge is 0.480 e. The number of nitrogens with zero attached hydrogens (tertiary/aromatic N) is 1. The van der Waals surface area contributed by atoms with Crippen LogP contribution < -0.4 is 5.73 Å². The standard InChI is InChI=1S/C11H22N2O2/c1-2-5-13-6-3-9(4-7-13)8-10(12)11(14)15/h9-10H,2-8,12H2,1H3,(H,14,15). The Morgan fingerprint density at radius 3 is 2.60 bits per heavy atom.